The predicted octanol–water partition coefficient (Wildman–Crippen LogP) is 3.98. The van der Waals surface area contributed by atoms with Crippen molar-refractivity contribution in [2.75, 3.05) is 5.32 Å². The van der Waals surface area contributed by atoms with Crippen molar-refractivity contribution in [3.63, 3.8) is 0 Å². The molecule has 2 aromatic rings. The van der Waals surface area contributed by atoms with Crippen LogP contribution in [0.3, 0.4) is 0 Å². The summed E-state index contributed by atoms with van der Waals surface area (Å²) in [7, 11) is 0. The number of hydrogen-bond acceptors (Lipinski definition) is 3. The number of halogens is 1. The van der Waals surface area contributed by atoms with Crippen LogP contribution in [0.15, 0.2) is 41.8 Å². The Morgan fingerprint density at radius 2 is 2.22 bits per heavy atom. The summed E-state index contributed by atoms with van der Waals surface area (Å²) in [6.45, 7) is 1.79. The van der Waals surface area contributed by atoms with Crippen LogP contribution in [0.1, 0.15) is 6.92 Å². The number of thiazole rings is 1. The third-order valence-electron chi connectivity index (χ3n) is 2.20. The van der Waals surface area contributed by atoms with Gasteiger partial charge in [-0.15, -0.1) is 11.3 Å². The molecule has 0 saturated carbocycles. The van der Waals surface area contributed by atoms with Crippen molar-refractivity contribution in [1.29, 1.82) is 0 Å². The van der Waals surface area contributed by atoms with Gasteiger partial charge in [-0.05, 0) is 19.1 Å². The summed E-state index contributed by atoms with van der Waals surface area (Å²) in [4.78, 5) is 15.7. The van der Waals surface area contributed by atoms with E-state index in [0.717, 1.165) is 11.3 Å². The third-order valence-corrected chi connectivity index (χ3v) is 3.29. The summed E-state index contributed by atoms with van der Waals surface area (Å²) >= 11 is 7.46. The first-order chi connectivity index (χ1) is 8.70. The Morgan fingerprint density at radius 1 is 1.44 bits per heavy atom. The van der Waals surface area contributed by atoms with E-state index in [4.69, 9.17) is 11.6 Å². The molecule has 1 N–H and O–H groups in total. The quantitative estimate of drug-likeness (QED) is 0.863. The second-order valence-electron chi connectivity index (χ2n) is 3.51. The zero-order valence-corrected chi connectivity index (χ0v) is 11.3. The lowest BCUT2D eigenvalue weighted by Gasteiger charge is -1.99. The Hall–Kier alpha value is -1.65. The van der Waals surface area contributed by atoms with Crippen molar-refractivity contribution in [1.82, 2.24) is 4.98 Å². The van der Waals surface area contributed by atoms with E-state index in [1.165, 1.54) is 17.4 Å². The molecular formula is C13H11ClN2OS. The first kappa shape index (κ1) is 12.8. The minimum absolute atomic E-state index is 0.183. The zero-order chi connectivity index (χ0) is 13.0. The highest BCUT2D eigenvalue weighted by atomic mass is 35.5. The monoisotopic (exact) mass is 278 g/mol. The van der Waals surface area contributed by atoms with E-state index < -0.39 is 0 Å². The van der Waals surface area contributed by atoms with E-state index >= 15 is 0 Å². The summed E-state index contributed by atoms with van der Waals surface area (Å²) in [5, 5.41) is 5.77. The standard InChI is InChI=1S/C13H11ClN2OS/c1-2-5-12(17)16-13-15-11(8-18-13)9-6-3-4-7-10(9)14/h2-8H,1H3,(H,15,16,17)/b5-2+. The number of anilines is 1. The number of rotatable bonds is 3. The fourth-order valence-corrected chi connectivity index (χ4v) is 2.37. The summed E-state index contributed by atoms with van der Waals surface area (Å²) in [6.07, 6.45) is 3.13. The van der Waals surface area contributed by atoms with Gasteiger partial charge in [0.1, 0.15) is 0 Å². The second kappa shape index (κ2) is 5.80. The second-order valence-corrected chi connectivity index (χ2v) is 4.77. The zero-order valence-electron chi connectivity index (χ0n) is 9.68. The van der Waals surface area contributed by atoms with Crippen LogP contribution < -0.4 is 5.32 Å². The fraction of sp³-hybridized carbons (Fsp3) is 0.0769. The van der Waals surface area contributed by atoms with Gasteiger partial charge in [-0.3, -0.25) is 10.1 Å². The number of hydrogen-bond donors (Lipinski definition) is 1. The van der Waals surface area contributed by atoms with Crippen LogP contribution in [-0.4, -0.2) is 10.9 Å². The SMILES string of the molecule is C/C=C/C(=O)Nc1nc(-c2ccccc2Cl)cs1. The molecule has 0 unspecified atom stereocenters. The van der Waals surface area contributed by atoms with Crippen LogP contribution >= 0.6 is 22.9 Å². The molecule has 0 fully saturated rings. The van der Waals surface area contributed by atoms with Gasteiger partial charge in [0, 0.05) is 16.0 Å². The van der Waals surface area contributed by atoms with Gasteiger partial charge in [-0.2, -0.15) is 0 Å². The molecule has 18 heavy (non-hydrogen) atoms. The molecule has 1 aromatic heterocycles. The lowest BCUT2D eigenvalue weighted by atomic mass is 10.2. The fourth-order valence-electron chi connectivity index (χ4n) is 1.42. The Bertz CT molecular complexity index is 592. The number of nitrogens with one attached hydrogen (secondary N) is 1. The molecule has 0 aliphatic rings. The number of nitrogens with zero attached hydrogens (tertiary/aromatic N) is 1. The third kappa shape index (κ3) is 2.97. The molecule has 92 valence electrons. The summed E-state index contributed by atoms with van der Waals surface area (Å²) in [5.74, 6) is -0.183. The number of amides is 1. The number of carbonyl (C=O) groups excluding carboxylic acids is 1. The first-order valence-corrected chi connectivity index (χ1v) is 6.60. The van der Waals surface area contributed by atoms with Crippen LogP contribution in [0, 0.1) is 0 Å². The smallest absolute Gasteiger partial charge is 0.249 e. The molecule has 2 rings (SSSR count). The molecule has 1 heterocycles. The van der Waals surface area contributed by atoms with E-state index in [1.54, 1.807) is 13.0 Å². The first-order valence-electron chi connectivity index (χ1n) is 5.35. The van der Waals surface area contributed by atoms with Crippen molar-refractivity contribution in [3.05, 3.63) is 46.8 Å². The highest BCUT2D eigenvalue weighted by molar-refractivity contribution is 7.14. The molecule has 0 spiro atoms. The number of aromatic nitrogens is 1. The summed E-state index contributed by atoms with van der Waals surface area (Å²) < 4.78 is 0. The van der Waals surface area contributed by atoms with E-state index in [-0.39, 0.29) is 5.91 Å². The van der Waals surface area contributed by atoms with Crippen molar-refractivity contribution in [2.45, 2.75) is 6.92 Å². The Labute approximate surface area is 114 Å². The number of allylic oxidation sites excluding steroid dienone is 1. The average molecular weight is 279 g/mol. The lowest BCUT2D eigenvalue weighted by molar-refractivity contribution is -0.111. The van der Waals surface area contributed by atoms with E-state index in [1.807, 2.05) is 29.6 Å². The molecule has 0 aliphatic heterocycles. The van der Waals surface area contributed by atoms with Crippen LogP contribution in [0.4, 0.5) is 5.13 Å². The van der Waals surface area contributed by atoms with E-state index in [9.17, 15) is 4.79 Å². The average Bonchev–Trinajstić information content (AvgIpc) is 2.78. The van der Waals surface area contributed by atoms with E-state index in [0.29, 0.717) is 10.2 Å². The van der Waals surface area contributed by atoms with E-state index in [2.05, 4.69) is 10.3 Å². The Balaban J connectivity index is 2.21. The number of benzene rings is 1. The van der Waals surface area contributed by atoms with Crippen molar-refractivity contribution in [3.8, 4) is 11.3 Å². The van der Waals surface area contributed by atoms with Gasteiger partial charge in [-0.25, -0.2) is 4.98 Å². The minimum Gasteiger partial charge on any atom is -0.298 e. The van der Waals surface area contributed by atoms with Crippen LogP contribution in [0.25, 0.3) is 11.3 Å². The molecular weight excluding hydrogens is 268 g/mol. The molecule has 0 atom stereocenters. The lowest BCUT2D eigenvalue weighted by Crippen LogP contribution is -2.07. The Morgan fingerprint density at radius 3 is 2.94 bits per heavy atom. The highest BCUT2D eigenvalue weighted by Crippen LogP contribution is 2.30. The summed E-state index contributed by atoms with van der Waals surface area (Å²) in [6, 6.07) is 7.48. The van der Waals surface area contributed by atoms with Gasteiger partial charge in [0.15, 0.2) is 5.13 Å². The van der Waals surface area contributed by atoms with Crippen LogP contribution in [0.2, 0.25) is 5.02 Å². The van der Waals surface area contributed by atoms with Crippen LogP contribution in [-0.2, 0) is 4.79 Å². The van der Waals surface area contributed by atoms with Crippen LogP contribution in [0.5, 0.6) is 0 Å². The van der Waals surface area contributed by atoms with Gasteiger partial charge in [0.2, 0.25) is 5.91 Å². The summed E-state index contributed by atoms with van der Waals surface area (Å²) in [5.41, 5.74) is 1.63. The molecule has 0 bridgehead atoms. The van der Waals surface area contributed by atoms with Gasteiger partial charge in [-0.1, -0.05) is 35.9 Å². The van der Waals surface area contributed by atoms with Gasteiger partial charge < -0.3 is 0 Å². The van der Waals surface area contributed by atoms with Crippen molar-refractivity contribution in [2.24, 2.45) is 0 Å². The maximum atomic E-state index is 11.4. The molecule has 1 aromatic carbocycles. The van der Waals surface area contributed by atoms with Gasteiger partial charge in [0.25, 0.3) is 0 Å². The maximum Gasteiger partial charge on any atom is 0.249 e. The predicted molar refractivity (Wildman–Crippen MR) is 76.0 cm³/mol. The Kier molecular flexibility index (Phi) is 4.12. The van der Waals surface area contributed by atoms with Gasteiger partial charge in [0.05, 0.1) is 5.69 Å². The molecule has 0 aliphatic carbocycles. The molecule has 1 amide bonds. The normalized spacial score (nSPS) is 10.8. The molecule has 0 saturated heterocycles. The number of carbonyl (C=O) groups is 1. The van der Waals surface area contributed by atoms with Crippen molar-refractivity contribution < 1.29 is 4.79 Å². The highest BCUT2D eigenvalue weighted by Gasteiger charge is 2.08. The van der Waals surface area contributed by atoms with Gasteiger partial charge >= 0.3 is 0 Å². The largest absolute Gasteiger partial charge is 0.298 e. The topological polar surface area (TPSA) is 42.0 Å². The van der Waals surface area contributed by atoms with Crippen molar-refractivity contribution >= 4 is 34.0 Å². The maximum absolute atomic E-state index is 11.4. The molecule has 3 nitrogen and oxygen atoms in total. The molecule has 5 heteroatoms. The molecule has 0 radical (unpaired) electrons. The minimum atomic E-state index is -0.183.